The highest BCUT2D eigenvalue weighted by Crippen LogP contribution is 2.44. The third-order valence-electron chi connectivity index (χ3n) is 7.93. The molecule has 0 spiro atoms. The Morgan fingerprint density at radius 3 is 2.50 bits per heavy atom. The Hall–Kier alpha value is -3.55. The maximum atomic E-state index is 7.01. The van der Waals surface area contributed by atoms with E-state index in [1.807, 2.05) is 42.6 Å². The summed E-state index contributed by atoms with van der Waals surface area (Å²) in [5.41, 5.74) is 5.05. The second-order valence-electron chi connectivity index (χ2n) is 11.0. The average molecular weight is 572 g/mol. The lowest BCUT2D eigenvalue weighted by Gasteiger charge is -2.37. The average Bonchev–Trinajstić information content (AvgIpc) is 3.57. The lowest BCUT2D eigenvalue weighted by atomic mass is 9.91. The van der Waals surface area contributed by atoms with E-state index in [0.29, 0.717) is 16.9 Å². The summed E-state index contributed by atoms with van der Waals surface area (Å²) in [5, 5.41) is 4.95. The van der Waals surface area contributed by atoms with Crippen molar-refractivity contribution in [2.75, 3.05) is 30.0 Å². The normalized spacial score (nSPS) is 22.9. The van der Waals surface area contributed by atoms with Gasteiger partial charge in [-0.1, -0.05) is 37.6 Å². The number of thiocarbonyl (C=S) groups is 1. The minimum absolute atomic E-state index is 0.157. The van der Waals surface area contributed by atoms with Gasteiger partial charge in [0.15, 0.2) is 5.11 Å². The molecule has 6 rings (SSSR count). The summed E-state index contributed by atoms with van der Waals surface area (Å²) in [5.74, 6) is 2.09. The van der Waals surface area contributed by atoms with E-state index >= 15 is 0 Å². The number of ether oxygens (including phenoxy) is 1. The van der Waals surface area contributed by atoms with Crippen molar-refractivity contribution in [3.63, 3.8) is 0 Å². The number of pyridine rings is 1. The fourth-order valence-electron chi connectivity index (χ4n) is 6.33. The molecule has 0 bridgehead atoms. The van der Waals surface area contributed by atoms with Crippen LogP contribution in [0.25, 0.3) is 5.69 Å². The van der Waals surface area contributed by atoms with Crippen molar-refractivity contribution in [2.45, 2.75) is 32.4 Å². The number of anilines is 2. The molecule has 1 N–H and O–H groups in total. The van der Waals surface area contributed by atoms with Gasteiger partial charge in [0.25, 0.3) is 0 Å². The largest absolute Gasteiger partial charge is 0.497 e. The summed E-state index contributed by atoms with van der Waals surface area (Å²) >= 11 is 13.0. The first-order valence-electron chi connectivity index (χ1n) is 13.8. The molecule has 0 aliphatic carbocycles. The highest BCUT2D eigenvalue weighted by molar-refractivity contribution is 7.80. The van der Waals surface area contributed by atoms with Crippen LogP contribution in [0.1, 0.15) is 43.7 Å². The molecule has 40 heavy (non-hydrogen) atoms. The maximum absolute atomic E-state index is 7.01. The SMILES string of the molecule is COc1cccc(-n2cccc2[C@@H]2[C@H](c3ccccn3)NC(=S)N2c2ccc(N3C[C@H](C)C[C@@H](C)C3)c(Cl)c2)c1. The zero-order valence-corrected chi connectivity index (χ0v) is 24.6. The summed E-state index contributed by atoms with van der Waals surface area (Å²) < 4.78 is 7.71. The van der Waals surface area contributed by atoms with Crippen molar-refractivity contribution in [1.82, 2.24) is 14.9 Å². The number of benzene rings is 2. The van der Waals surface area contributed by atoms with Crippen molar-refractivity contribution in [1.29, 1.82) is 0 Å². The van der Waals surface area contributed by atoms with Gasteiger partial charge in [0.2, 0.25) is 0 Å². The lowest BCUT2D eigenvalue weighted by Crippen LogP contribution is -2.38. The molecule has 0 unspecified atom stereocenters. The molecule has 206 valence electrons. The highest BCUT2D eigenvalue weighted by Gasteiger charge is 2.42. The van der Waals surface area contributed by atoms with Crippen LogP contribution in [0, 0.1) is 11.8 Å². The van der Waals surface area contributed by atoms with Crippen molar-refractivity contribution < 1.29 is 4.74 Å². The first-order chi connectivity index (χ1) is 19.4. The van der Waals surface area contributed by atoms with Crippen LogP contribution >= 0.6 is 23.8 Å². The van der Waals surface area contributed by atoms with Gasteiger partial charge in [0.05, 0.1) is 29.6 Å². The smallest absolute Gasteiger partial charge is 0.174 e. The first-order valence-corrected chi connectivity index (χ1v) is 14.6. The van der Waals surface area contributed by atoms with Crippen LogP contribution in [0.4, 0.5) is 11.4 Å². The van der Waals surface area contributed by atoms with Gasteiger partial charge in [-0.2, -0.15) is 0 Å². The number of nitrogens with zero attached hydrogens (tertiary/aromatic N) is 4. The van der Waals surface area contributed by atoms with Crippen LogP contribution < -0.4 is 19.9 Å². The molecule has 8 heteroatoms. The number of aromatic nitrogens is 2. The number of piperidine rings is 1. The number of hydrogen-bond acceptors (Lipinski definition) is 4. The van der Waals surface area contributed by atoms with E-state index < -0.39 is 0 Å². The zero-order chi connectivity index (χ0) is 27.8. The minimum atomic E-state index is -0.166. The fraction of sp³-hybridized carbons (Fsp3) is 0.312. The number of hydrogen-bond donors (Lipinski definition) is 1. The molecular weight excluding hydrogens is 538 g/mol. The Bertz CT molecular complexity index is 1500. The Balaban J connectivity index is 1.43. The Morgan fingerprint density at radius 1 is 0.950 bits per heavy atom. The Labute approximate surface area is 246 Å². The molecule has 4 aromatic rings. The van der Waals surface area contributed by atoms with Crippen LogP contribution in [0.2, 0.25) is 5.02 Å². The summed E-state index contributed by atoms with van der Waals surface area (Å²) in [6, 6.07) is 24.3. The van der Waals surface area contributed by atoms with E-state index in [0.717, 1.165) is 52.3 Å². The molecule has 0 saturated carbocycles. The lowest BCUT2D eigenvalue weighted by molar-refractivity contribution is 0.357. The fourth-order valence-corrected chi connectivity index (χ4v) is 6.97. The van der Waals surface area contributed by atoms with Crippen LogP contribution in [0.5, 0.6) is 5.75 Å². The van der Waals surface area contributed by atoms with Gasteiger partial charge in [-0.3, -0.25) is 4.98 Å². The summed E-state index contributed by atoms with van der Waals surface area (Å²) in [4.78, 5) is 9.31. The van der Waals surface area contributed by atoms with Crippen molar-refractivity contribution >= 4 is 40.3 Å². The molecule has 2 fully saturated rings. The molecule has 4 atom stereocenters. The van der Waals surface area contributed by atoms with Gasteiger partial charge in [0, 0.05) is 48.6 Å². The summed E-state index contributed by atoms with van der Waals surface area (Å²) in [6.07, 6.45) is 5.16. The van der Waals surface area contributed by atoms with Crippen LogP contribution in [0.15, 0.2) is 85.2 Å². The van der Waals surface area contributed by atoms with Crippen LogP contribution in [-0.2, 0) is 0 Å². The summed E-state index contributed by atoms with van der Waals surface area (Å²) in [6.45, 7) is 6.68. The highest BCUT2D eigenvalue weighted by atomic mass is 35.5. The van der Waals surface area contributed by atoms with Gasteiger partial charge >= 0.3 is 0 Å². The van der Waals surface area contributed by atoms with Gasteiger partial charge in [-0.25, -0.2) is 0 Å². The van der Waals surface area contributed by atoms with Crippen molar-refractivity contribution in [2.24, 2.45) is 11.8 Å². The van der Waals surface area contributed by atoms with Crippen LogP contribution in [0.3, 0.4) is 0 Å². The zero-order valence-electron chi connectivity index (χ0n) is 23.0. The second kappa shape index (κ2) is 11.1. The molecule has 0 radical (unpaired) electrons. The molecule has 2 aliphatic rings. The molecule has 4 heterocycles. The first kappa shape index (κ1) is 26.7. The number of methoxy groups -OCH3 is 1. The number of halogens is 1. The van der Waals surface area contributed by atoms with E-state index in [9.17, 15) is 0 Å². The van der Waals surface area contributed by atoms with E-state index in [4.69, 9.17) is 33.5 Å². The van der Waals surface area contributed by atoms with Gasteiger partial charge in [0.1, 0.15) is 11.8 Å². The Morgan fingerprint density at radius 2 is 1.77 bits per heavy atom. The molecule has 2 aromatic heterocycles. The monoisotopic (exact) mass is 571 g/mol. The van der Waals surface area contributed by atoms with Crippen molar-refractivity contribution in [3.8, 4) is 11.4 Å². The molecular formula is C32H34ClN5OS. The van der Waals surface area contributed by atoms with E-state index in [2.05, 4.69) is 76.1 Å². The predicted molar refractivity (Wildman–Crippen MR) is 167 cm³/mol. The molecule has 2 aliphatic heterocycles. The second-order valence-corrected chi connectivity index (χ2v) is 11.8. The number of rotatable bonds is 6. The topological polar surface area (TPSA) is 45.6 Å². The quantitative estimate of drug-likeness (QED) is 0.247. The maximum Gasteiger partial charge on any atom is 0.174 e. The van der Waals surface area contributed by atoms with E-state index in [-0.39, 0.29) is 12.1 Å². The standard InChI is InChI=1S/C32H34ClN5OS/c1-21-16-22(2)20-36(19-21)28-13-12-24(18-26(28)33)38-31(30(35-32(38)40)27-10-4-5-14-34-27)29-11-7-15-37(29)23-8-6-9-25(17-23)39-3/h4-15,17-18,21-22,30-31H,16,19-20H2,1-3H3,(H,35,40)/t21-,22-,30+,31-/m1/s1. The van der Waals surface area contributed by atoms with E-state index in [1.54, 1.807) is 7.11 Å². The van der Waals surface area contributed by atoms with Gasteiger partial charge in [-0.15, -0.1) is 0 Å². The van der Waals surface area contributed by atoms with Gasteiger partial charge in [-0.05, 0) is 85.1 Å². The third-order valence-corrected chi connectivity index (χ3v) is 8.55. The molecule has 0 amide bonds. The third kappa shape index (κ3) is 5.04. The predicted octanol–water partition coefficient (Wildman–Crippen LogP) is 7.19. The number of nitrogens with one attached hydrogen (secondary N) is 1. The molecule has 6 nitrogen and oxygen atoms in total. The van der Waals surface area contributed by atoms with Gasteiger partial charge < -0.3 is 24.4 Å². The van der Waals surface area contributed by atoms with Crippen molar-refractivity contribution in [3.05, 3.63) is 102 Å². The van der Waals surface area contributed by atoms with E-state index in [1.165, 1.54) is 6.42 Å². The minimum Gasteiger partial charge on any atom is -0.497 e. The molecule has 2 saturated heterocycles. The summed E-state index contributed by atoms with van der Waals surface area (Å²) in [7, 11) is 1.69. The van der Waals surface area contributed by atoms with Crippen LogP contribution in [-0.4, -0.2) is 34.9 Å². The molecule has 2 aromatic carbocycles. The Kier molecular flexibility index (Phi) is 7.43.